The van der Waals surface area contributed by atoms with Crippen LogP contribution in [0, 0.1) is 5.82 Å². The van der Waals surface area contributed by atoms with Crippen molar-refractivity contribution < 1.29 is 9.13 Å². The van der Waals surface area contributed by atoms with E-state index in [1.807, 2.05) is 23.4 Å². The maximum absolute atomic E-state index is 14.7. The van der Waals surface area contributed by atoms with Crippen LogP contribution < -0.4 is 4.90 Å². The van der Waals surface area contributed by atoms with Crippen LogP contribution in [-0.2, 0) is 4.74 Å². The number of hydrogen-bond donors (Lipinski definition) is 0. The van der Waals surface area contributed by atoms with Crippen LogP contribution >= 0.6 is 11.6 Å². The van der Waals surface area contributed by atoms with Gasteiger partial charge in [0.15, 0.2) is 17.5 Å². The van der Waals surface area contributed by atoms with E-state index in [9.17, 15) is 4.39 Å². The van der Waals surface area contributed by atoms with Crippen LogP contribution in [0.5, 0.6) is 0 Å². The van der Waals surface area contributed by atoms with E-state index in [0.717, 1.165) is 30.5 Å². The number of nitrogens with zero attached hydrogens (tertiary/aromatic N) is 5. The van der Waals surface area contributed by atoms with E-state index in [1.54, 1.807) is 31.6 Å². The molecule has 2 aliphatic rings. The summed E-state index contributed by atoms with van der Waals surface area (Å²) < 4.78 is 20.1. The Morgan fingerprint density at radius 1 is 1.03 bits per heavy atom. The first kappa shape index (κ1) is 19.3. The van der Waals surface area contributed by atoms with Crippen LogP contribution in [-0.4, -0.2) is 46.2 Å². The number of anilines is 1. The van der Waals surface area contributed by atoms with Crippen molar-refractivity contribution >= 4 is 17.3 Å². The third-order valence-electron chi connectivity index (χ3n) is 5.93. The first-order valence-corrected chi connectivity index (χ1v) is 10.4. The molecule has 1 aliphatic carbocycles. The molecule has 2 fully saturated rings. The van der Waals surface area contributed by atoms with Gasteiger partial charge < -0.3 is 9.64 Å². The summed E-state index contributed by atoms with van der Waals surface area (Å²) in [6.07, 6.45) is 8.98. The van der Waals surface area contributed by atoms with E-state index in [0.29, 0.717) is 29.8 Å². The molecule has 3 aromatic rings. The third-order valence-corrected chi connectivity index (χ3v) is 6.21. The summed E-state index contributed by atoms with van der Waals surface area (Å²) in [4.78, 5) is 19.2. The van der Waals surface area contributed by atoms with Gasteiger partial charge in [-0.3, -0.25) is 0 Å². The SMILES string of the molecule is CO[C@H]1CCN(c2cc([C@@H]3C[C@H]3c3cnc(-c4ncccn4)nc3)cc(Cl)c2F)C1. The van der Waals surface area contributed by atoms with Gasteiger partial charge >= 0.3 is 0 Å². The van der Waals surface area contributed by atoms with Gasteiger partial charge in [-0.1, -0.05) is 11.6 Å². The number of methoxy groups -OCH3 is 1. The molecule has 2 aromatic heterocycles. The maximum Gasteiger partial charge on any atom is 0.197 e. The van der Waals surface area contributed by atoms with Gasteiger partial charge in [0.2, 0.25) is 0 Å². The van der Waals surface area contributed by atoms with Crippen LogP contribution in [0.1, 0.15) is 35.8 Å². The average Bonchev–Trinajstić information content (AvgIpc) is 3.45. The molecule has 30 heavy (non-hydrogen) atoms. The van der Waals surface area contributed by atoms with Gasteiger partial charge in [0.05, 0.1) is 16.8 Å². The van der Waals surface area contributed by atoms with Gasteiger partial charge in [-0.05, 0) is 54.0 Å². The average molecular weight is 426 g/mol. The molecule has 0 unspecified atom stereocenters. The molecule has 154 valence electrons. The number of benzene rings is 1. The van der Waals surface area contributed by atoms with Crippen LogP contribution in [0.3, 0.4) is 0 Å². The molecule has 8 heteroatoms. The van der Waals surface area contributed by atoms with Crippen LogP contribution in [0.4, 0.5) is 10.1 Å². The van der Waals surface area contributed by atoms with Gasteiger partial charge in [0, 0.05) is 45.0 Å². The summed E-state index contributed by atoms with van der Waals surface area (Å²) >= 11 is 6.25. The quantitative estimate of drug-likeness (QED) is 0.609. The monoisotopic (exact) mass is 425 g/mol. The Morgan fingerprint density at radius 2 is 1.73 bits per heavy atom. The van der Waals surface area contributed by atoms with Crippen LogP contribution in [0.15, 0.2) is 43.0 Å². The summed E-state index contributed by atoms with van der Waals surface area (Å²) in [5.41, 5.74) is 2.68. The van der Waals surface area contributed by atoms with Gasteiger partial charge in [0.1, 0.15) is 0 Å². The molecule has 6 nitrogen and oxygen atoms in total. The molecule has 1 saturated carbocycles. The Balaban J connectivity index is 1.35. The highest BCUT2D eigenvalue weighted by atomic mass is 35.5. The highest BCUT2D eigenvalue weighted by molar-refractivity contribution is 6.31. The lowest BCUT2D eigenvalue weighted by Gasteiger charge is -2.21. The minimum atomic E-state index is -0.357. The van der Waals surface area contributed by atoms with Gasteiger partial charge in [-0.2, -0.15) is 0 Å². The lowest BCUT2D eigenvalue weighted by molar-refractivity contribution is 0.121. The van der Waals surface area contributed by atoms with E-state index >= 15 is 0 Å². The smallest absolute Gasteiger partial charge is 0.197 e. The standard InChI is InChI=1S/C22H21ClFN5O/c1-30-15-3-6-29(12-15)19-8-13(7-18(23)20(19)24)16-9-17(16)14-10-27-22(28-11-14)21-25-4-2-5-26-21/h2,4-5,7-8,10-11,15-17H,3,6,9,12H2,1H3/t15-,16-,17-/m0/s1. The largest absolute Gasteiger partial charge is 0.380 e. The second kappa shape index (κ2) is 7.89. The third kappa shape index (κ3) is 3.63. The van der Waals surface area contributed by atoms with Crippen molar-refractivity contribution in [2.45, 2.75) is 30.8 Å². The Labute approximate surface area is 179 Å². The lowest BCUT2D eigenvalue weighted by atomic mass is 10.1. The normalized spacial score (nSPS) is 23.0. The second-order valence-corrected chi connectivity index (χ2v) is 8.20. The Morgan fingerprint density at radius 3 is 2.43 bits per heavy atom. The lowest BCUT2D eigenvalue weighted by Crippen LogP contribution is -2.23. The van der Waals surface area contributed by atoms with E-state index in [1.165, 1.54) is 0 Å². The van der Waals surface area contributed by atoms with Crippen molar-refractivity contribution in [3.05, 3.63) is 65.0 Å². The zero-order valence-electron chi connectivity index (χ0n) is 16.5. The van der Waals surface area contributed by atoms with Crippen molar-refractivity contribution in [1.29, 1.82) is 0 Å². The van der Waals surface area contributed by atoms with E-state index in [2.05, 4.69) is 19.9 Å². The molecule has 5 rings (SSSR count). The van der Waals surface area contributed by atoms with E-state index in [-0.39, 0.29) is 22.9 Å². The molecular formula is C22H21ClFN5O. The number of halogens is 2. The van der Waals surface area contributed by atoms with Gasteiger partial charge in [0.25, 0.3) is 0 Å². The minimum absolute atomic E-state index is 0.129. The molecule has 0 amide bonds. The van der Waals surface area contributed by atoms with Crippen molar-refractivity contribution in [3.8, 4) is 11.6 Å². The van der Waals surface area contributed by atoms with E-state index in [4.69, 9.17) is 16.3 Å². The maximum atomic E-state index is 14.7. The summed E-state index contributed by atoms with van der Waals surface area (Å²) in [6.45, 7) is 1.44. The highest BCUT2D eigenvalue weighted by Crippen LogP contribution is 2.55. The second-order valence-electron chi connectivity index (χ2n) is 7.79. The molecule has 3 atom stereocenters. The first-order valence-electron chi connectivity index (χ1n) is 10.00. The van der Waals surface area contributed by atoms with Crippen molar-refractivity contribution in [3.63, 3.8) is 0 Å². The predicted octanol–water partition coefficient (Wildman–Crippen LogP) is 4.22. The summed E-state index contributed by atoms with van der Waals surface area (Å²) in [6, 6.07) is 5.45. The topological polar surface area (TPSA) is 64.0 Å². The number of ether oxygens (including phenoxy) is 1. The minimum Gasteiger partial charge on any atom is -0.380 e. The van der Waals surface area contributed by atoms with Gasteiger partial charge in [-0.25, -0.2) is 24.3 Å². The molecule has 0 spiro atoms. The summed E-state index contributed by atoms with van der Waals surface area (Å²) in [5, 5.41) is 0.168. The highest BCUT2D eigenvalue weighted by Gasteiger charge is 2.41. The fourth-order valence-electron chi connectivity index (χ4n) is 4.17. The summed E-state index contributed by atoms with van der Waals surface area (Å²) in [5.74, 6) is 1.24. The van der Waals surface area contributed by atoms with Crippen molar-refractivity contribution in [2.75, 3.05) is 25.1 Å². The molecule has 3 heterocycles. The molecule has 1 aliphatic heterocycles. The molecular weight excluding hydrogens is 405 g/mol. The number of hydrogen-bond acceptors (Lipinski definition) is 6. The Hall–Kier alpha value is -2.64. The van der Waals surface area contributed by atoms with Crippen LogP contribution in [0.25, 0.3) is 11.6 Å². The fraction of sp³-hybridized carbons (Fsp3) is 0.364. The van der Waals surface area contributed by atoms with E-state index < -0.39 is 0 Å². The number of rotatable bonds is 5. The van der Waals surface area contributed by atoms with Crippen LogP contribution in [0.2, 0.25) is 5.02 Å². The van der Waals surface area contributed by atoms with Crippen molar-refractivity contribution in [2.24, 2.45) is 0 Å². The molecule has 0 radical (unpaired) electrons. The molecule has 1 saturated heterocycles. The number of aromatic nitrogens is 4. The molecule has 0 bridgehead atoms. The summed E-state index contributed by atoms with van der Waals surface area (Å²) in [7, 11) is 1.69. The first-order chi connectivity index (χ1) is 14.6. The fourth-order valence-corrected chi connectivity index (χ4v) is 4.39. The molecule has 0 N–H and O–H groups in total. The zero-order chi connectivity index (χ0) is 20.7. The predicted molar refractivity (Wildman–Crippen MR) is 112 cm³/mol. The zero-order valence-corrected chi connectivity index (χ0v) is 17.3. The van der Waals surface area contributed by atoms with Crippen molar-refractivity contribution in [1.82, 2.24) is 19.9 Å². The Bertz CT molecular complexity index is 1050. The Kier molecular flexibility index (Phi) is 5.08. The van der Waals surface area contributed by atoms with Gasteiger partial charge in [-0.15, -0.1) is 0 Å². The molecule has 1 aromatic carbocycles.